The molecule has 0 saturated carbocycles. The highest BCUT2D eigenvalue weighted by Crippen LogP contribution is 2.35. The quantitative estimate of drug-likeness (QED) is 0.335. The van der Waals surface area contributed by atoms with Crippen molar-refractivity contribution in [1.82, 2.24) is 4.90 Å². The summed E-state index contributed by atoms with van der Waals surface area (Å²) in [5.41, 5.74) is -1.03. The highest BCUT2D eigenvalue weighted by atomic mass is 16.6. The molecule has 1 aromatic rings. The first kappa shape index (κ1) is 19.4. The fourth-order valence-electron chi connectivity index (χ4n) is 3.05. The third-order valence-electron chi connectivity index (χ3n) is 4.24. The summed E-state index contributed by atoms with van der Waals surface area (Å²) in [7, 11) is 0. The van der Waals surface area contributed by atoms with Gasteiger partial charge in [-0.25, -0.2) is 9.59 Å². The van der Waals surface area contributed by atoms with Crippen molar-refractivity contribution in [2.24, 2.45) is 0 Å². The second kappa shape index (κ2) is 7.51. The fourth-order valence-corrected chi connectivity index (χ4v) is 3.05. The van der Waals surface area contributed by atoms with Crippen molar-refractivity contribution in [1.29, 1.82) is 0 Å². The minimum Gasteiger partial charge on any atom is -0.464 e. The van der Waals surface area contributed by atoms with Crippen LogP contribution in [0.3, 0.4) is 0 Å². The highest BCUT2D eigenvalue weighted by molar-refractivity contribution is 6.08. The standard InChI is InChI=1S/C17H20N2O7/c1-4-25-15(21)17(16(22)26-5-2)9-12-6-7-14(19(23)24)8-13(12)10-18(17)11(3)20/h6-8H,4-5,9-10H2,1-3H3. The number of ether oxygens (including phenoxy) is 2. The molecule has 1 aliphatic rings. The molecular formula is C17H20N2O7. The zero-order valence-electron chi connectivity index (χ0n) is 14.8. The van der Waals surface area contributed by atoms with Gasteiger partial charge in [-0.1, -0.05) is 6.07 Å². The molecule has 1 heterocycles. The molecule has 0 bridgehead atoms. The van der Waals surface area contributed by atoms with E-state index in [2.05, 4.69) is 0 Å². The van der Waals surface area contributed by atoms with Gasteiger partial charge in [0.1, 0.15) is 0 Å². The molecule has 0 fully saturated rings. The Balaban J connectivity index is 2.61. The predicted octanol–water partition coefficient (Wildman–Crippen LogP) is 1.36. The maximum absolute atomic E-state index is 12.7. The van der Waals surface area contributed by atoms with Gasteiger partial charge in [-0.2, -0.15) is 0 Å². The Morgan fingerprint density at radius 3 is 2.19 bits per heavy atom. The van der Waals surface area contributed by atoms with Crippen molar-refractivity contribution < 1.29 is 28.8 Å². The number of rotatable bonds is 5. The van der Waals surface area contributed by atoms with Crippen molar-refractivity contribution in [2.75, 3.05) is 13.2 Å². The van der Waals surface area contributed by atoms with Crippen molar-refractivity contribution in [3.63, 3.8) is 0 Å². The number of nitrogens with zero attached hydrogens (tertiary/aromatic N) is 2. The maximum Gasteiger partial charge on any atom is 0.344 e. The largest absolute Gasteiger partial charge is 0.464 e. The summed E-state index contributed by atoms with van der Waals surface area (Å²) in [4.78, 5) is 49.2. The van der Waals surface area contributed by atoms with Crippen LogP contribution in [0.25, 0.3) is 0 Å². The van der Waals surface area contributed by atoms with E-state index in [0.717, 1.165) is 4.90 Å². The summed E-state index contributed by atoms with van der Waals surface area (Å²) in [6, 6.07) is 4.12. The number of carbonyl (C=O) groups is 3. The van der Waals surface area contributed by atoms with Gasteiger partial charge in [0.05, 0.1) is 18.1 Å². The lowest BCUT2D eigenvalue weighted by molar-refractivity contribution is -0.385. The number of benzene rings is 1. The van der Waals surface area contributed by atoms with E-state index in [0.29, 0.717) is 11.1 Å². The SMILES string of the molecule is CCOC(=O)C1(C(=O)OCC)Cc2ccc([N+](=O)[O-])cc2CN1C(C)=O. The summed E-state index contributed by atoms with van der Waals surface area (Å²) in [6.45, 7) is 4.32. The van der Waals surface area contributed by atoms with Gasteiger partial charge in [-0.05, 0) is 25.0 Å². The Morgan fingerprint density at radius 1 is 1.15 bits per heavy atom. The van der Waals surface area contributed by atoms with Crippen LogP contribution in [0.15, 0.2) is 18.2 Å². The van der Waals surface area contributed by atoms with Gasteiger partial charge in [-0.15, -0.1) is 0 Å². The predicted molar refractivity (Wildman–Crippen MR) is 89.0 cm³/mol. The summed E-state index contributed by atoms with van der Waals surface area (Å²) >= 11 is 0. The zero-order valence-corrected chi connectivity index (χ0v) is 14.8. The van der Waals surface area contributed by atoms with Crippen LogP contribution in [0.5, 0.6) is 0 Å². The van der Waals surface area contributed by atoms with Gasteiger partial charge < -0.3 is 14.4 Å². The molecule has 1 aromatic carbocycles. The lowest BCUT2D eigenvalue weighted by Gasteiger charge is -2.42. The van der Waals surface area contributed by atoms with Crippen LogP contribution in [-0.2, 0) is 36.8 Å². The number of amides is 1. The number of non-ortho nitro benzene ring substituents is 1. The number of carbonyl (C=O) groups excluding carboxylic acids is 3. The van der Waals surface area contributed by atoms with Gasteiger partial charge in [0.25, 0.3) is 5.69 Å². The molecule has 0 radical (unpaired) electrons. The minimum absolute atomic E-state index is 0.0266. The van der Waals surface area contributed by atoms with Crippen LogP contribution in [0.4, 0.5) is 5.69 Å². The lowest BCUT2D eigenvalue weighted by atomic mass is 9.82. The van der Waals surface area contributed by atoms with Gasteiger partial charge in [-0.3, -0.25) is 14.9 Å². The number of hydrogen-bond acceptors (Lipinski definition) is 7. The monoisotopic (exact) mass is 364 g/mol. The van der Waals surface area contributed by atoms with E-state index in [4.69, 9.17) is 9.47 Å². The molecule has 1 aliphatic heterocycles. The number of esters is 2. The smallest absolute Gasteiger partial charge is 0.344 e. The van der Waals surface area contributed by atoms with E-state index < -0.39 is 28.3 Å². The Bertz CT molecular complexity index is 741. The first-order chi connectivity index (χ1) is 12.3. The van der Waals surface area contributed by atoms with E-state index in [1.165, 1.54) is 25.1 Å². The number of fused-ring (bicyclic) bond motifs is 1. The Labute approximate surface area is 150 Å². The van der Waals surface area contributed by atoms with E-state index in [1.807, 2.05) is 0 Å². The molecular weight excluding hydrogens is 344 g/mol. The molecule has 26 heavy (non-hydrogen) atoms. The van der Waals surface area contributed by atoms with Crippen molar-refractivity contribution >= 4 is 23.5 Å². The molecule has 0 atom stereocenters. The fraction of sp³-hybridized carbons (Fsp3) is 0.471. The molecule has 0 saturated heterocycles. The van der Waals surface area contributed by atoms with Crippen molar-refractivity contribution in [3.05, 3.63) is 39.4 Å². The second-order valence-electron chi connectivity index (χ2n) is 5.79. The Morgan fingerprint density at radius 2 is 1.73 bits per heavy atom. The molecule has 9 nitrogen and oxygen atoms in total. The molecule has 0 aromatic heterocycles. The van der Waals surface area contributed by atoms with Gasteiger partial charge in [0, 0.05) is 32.0 Å². The lowest BCUT2D eigenvalue weighted by Crippen LogP contribution is -2.65. The topological polar surface area (TPSA) is 116 Å². The Kier molecular flexibility index (Phi) is 5.59. The van der Waals surface area contributed by atoms with Crippen LogP contribution in [0.2, 0.25) is 0 Å². The van der Waals surface area contributed by atoms with Crippen LogP contribution in [0.1, 0.15) is 31.9 Å². The second-order valence-corrected chi connectivity index (χ2v) is 5.79. The highest BCUT2D eigenvalue weighted by Gasteiger charge is 2.57. The third-order valence-corrected chi connectivity index (χ3v) is 4.24. The third kappa shape index (κ3) is 3.24. The maximum atomic E-state index is 12.7. The molecule has 140 valence electrons. The van der Waals surface area contributed by atoms with Crippen LogP contribution >= 0.6 is 0 Å². The first-order valence-corrected chi connectivity index (χ1v) is 8.16. The Hall–Kier alpha value is -2.97. The van der Waals surface area contributed by atoms with E-state index >= 15 is 0 Å². The van der Waals surface area contributed by atoms with Crippen LogP contribution in [-0.4, -0.2) is 46.4 Å². The van der Waals surface area contributed by atoms with E-state index in [9.17, 15) is 24.5 Å². The summed E-state index contributed by atoms with van der Waals surface area (Å²) in [6.07, 6.45) is -0.169. The van der Waals surface area contributed by atoms with Crippen LogP contribution < -0.4 is 0 Å². The van der Waals surface area contributed by atoms with Gasteiger partial charge in [0.2, 0.25) is 11.4 Å². The number of nitro benzene ring substituents is 1. The average molecular weight is 364 g/mol. The molecule has 2 rings (SSSR count). The molecule has 9 heteroatoms. The summed E-state index contributed by atoms with van der Waals surface area (Å²) < 4.78 is 10.1. The molecule has 0 spiro atoms. The van der Waals surface area contributed by atoms with Gasteiger partial charge >= 0.3 is 11.9 Å². The van der Waals surface area contributed by atoms with Crippen molar-refractivity contribution in [2.45, 2.75) is 39.3 Å². The normalized spacial score (nSPS) is 15.0. The molecule has 0 unspecified atom stereocenters. The van der Waals surface area contributed by atoms with Gasteiger partial charge in [0.15, 0.2) is 0 Å². The molecule has 0 aliphatic carbocycles. The van der Waals surface area contributed by atoms with Crippen molar-refractivity contribution in [3.8, 4) is 0 Å². The number of nitro groups is 1. The van der Waals surface area contributed by atoms with Crippen LogP contribution in [0, 0.1) is 10.1 Å². The van der Waals surface area contributed by atoms with E-state index in [1.54, 1.807) is 13.8 Å². The minimum atomic E-state index is -1.94. The summed E-state index contributed by atoms with van der Waals surface area (Å²) in [5.74, 6) is -2.29. The number of hydrogen-bond donors (Lipinski definition) is 0. The molecule has 0 N–H and O–H groups in total. The average Bonchev–Trinajstić information content (AvgIpc) is 2.60. The molecule has 1 amide bonds. The van der Waals surface area contributed by atoms with E-state index in [-0.39, 0.29) is 31.9 Å². The first-order valence-electron chi connectivity index (χ1n) is 8.16. The summed E-state index contributed by atoms with van der Waals surface area (Å²) in [5, 5.41) is 11.0. The zero-order chi connectivity index (χ0) is 19.5.